The number of nitrogens with zero attached hydrogens (tertiary/aromatic N) is 4. The van der Waals surface area contributed by atoms with Crippen LogP contribution in [-0.2, 0) is 0 Å². The van der Waals surface area contributed by atoms with Crippen LogP contribution >= 0.6 is 0 Å². The molecule has 0 aliphatic carbocycles. The predicted molar refractivity (Wildman–Crippen MR) is 97.0 cm³/mol. The maximum absolute atomic E-state index is 4.69. The van der Waals surface area contributed by atoms with Crippen LogP contribution in [0, 0.1) is 27.7 Å². The van der Waals surface area contributed by atoms with Crippen molar-refractivity contribution in [1.29, 1.82) is 0 Å². The van der Waals surface area contributed by atoms with Crippen molar-refractivity contribution in [2.45, 2.75) is 27.7 Å². The molecule has 5 heteroatoms. The van der Waals surface area contributed by atoms with Gasteiger partial charge < -0.3 is 5.32 Å². The molecule has 0 saturated carbocycles. The minimum atomic E-state index is 0.734. The van der Waals surface area contributed by atoms with E-state index in [1.165, 1.54) is 5.56 Å². The molecule has 3 aromatic heterocycles. The molecule has 0 aliphatic heterocycles. The van der Waals surface area contributed by atoms with Crippen LogP contribution in [0.4, 0.5) is 11.5 Å². The van der Waals surface area contributed by atoms with Crippen LogP contribution in [0.2, 0.25) is 0 Å². The summed E-state index contributed by atoms with van der Waals surface area (Å²) in [6.45, 7) is 8.14. The van der Waals surface area contributed by atoms with Crippen LogP contribution in [0.5, 0.6) is 0 Å². The SMILES string of the molecule is Cc1ccc(Nc2cc(C)nc3c4c(C)cc(C)nc4nn23)cc1. The molecule has 0 radical (unpaired) electrons. The minimum absolute atomic E-state index is 0.734. The van der Waals surface area contributed by atoms with E-state index in [1.807, 2.05) is 24.4 Å². The Balaban J connectivity index is 1.95. The van der Waals surface area contributed by atoms with Crippen LogP contribution in [0.3, 0.4) is 0 Å². The van der Waals surface area contributed by atoms with Gasteiger partial charge in [-0.25, -0.2) is 9.97 Å². The van der Waals surface area contributed by atoms with Gasteiger partial charge in [0.1, 0.15) is 5.82 Å². The number of aryl methyl sites for hydroxylation is 4. The molecule has 0 atom stereocenters. The van der Waals surface area contributed by atoms with Crippen molar-refractivity contribution >= 4 is 28.2 Å². The van der Waals surface area contributed by atoms with Gasteiger partial charge in [-0.1, -0.05) is 17.7 Å². The Kier molecular flexibility index (Phi) is 3.23. The predicted octanol–water partition coefficient (Wildman–Crippen LogP) is 4.25. The van der Waals surface area contributed by atoms with Gasteiger partial charge in [0, 0.05) is 23.1 Å². The molecule has 120 valence electrons. The zero-order chi connectivity index (χ0) is 16.8. The van der Waals surface area contributed by atoms with Crippen molar-refractivity contribution < 1.29 is 0 Å². The van der Waals surface area contributed by atoms with E-state index in [-0.39, 0.29) is 0 Å². The highest BCUT2D eigenvalue weighted by molar-refractivity contribution is 5.93. The van der Waals surface area contributed by atoms with Crippen molar-refractivity contribution in [3.05, 3.63) is 58.9 Å². The lowest BCUT2D eigenvalue weighted by Crippen LogP contribution is -2.02. The Labute approximate surface area is 140 Å². The molecule has 0 saturated heterocycles. The van der Waals surface area contributed by atoms with Crippen molar-refractivity contribution in [1.82, 2.24) is 19.6 Å². The monoisotopic (exact) mass is 317 g/mol. The van der Waals surface area contributed by atoms with Crippen molar-refractivity contribution in [3.63, 3.8) is 0 Å². The lowest BCUT2D eigenvalue weighted by atomic mass is 10.2. The molecule has 1 aromatic carbocycles. The summed E-state index contributed by atoms with van der Waals surface area (Å²) in [6, 6.07) is 12.4. The van der Waals surface area contributed by atoms with E-state index >= 15 is 0 Å². The highest BCUT2D eigenvalue weighted by Gasteiger charge is 2.14. The van der Waals surface area contributed by atoms with Gasteiger partial charge in [0.05, 0.1) is 5.39 Å². The summed E-state index contributed by atoms with van der Waals surface area (Å²) in [6.07, 6.45) is 0. The number of hydrogen-bond donors (Lipinski definition) is 1. The van der Waals surface area contributed by atoms with Crippen LogP contribution in [-0.4, -0.2) is 19.6 Å². The van der Waals surface area contributed by atoms with E-state index < -0.39 is 0 Å². The topological polar surface area (TPSA) is 55.1 Å². The average Bonchev–Trinajstić information content (AvgIpc) is 2.88. The van der Waals surface area contributed by atoms with E-state index in [2.05, 4.69) is 59.6 Å². The standard InChI is InChI=1S/C19H19N5/c1-11-5-7-15(8-6-11)22-16-10-14(4)21-19-17-12(2)9-13(3)20-18(17)23-24(16)19/h5-10,22H,1-4H3. The highest BCUT2D eigenvalue weighted by atomic mass is 15.3. The molecular formula is C19H19N5. The molecular weight excluding hydrogens is 298 g/mol. The smallest absolute Gasteiger partial charge is 0.184 e. The minimum Gasteiger partial charge on any atom is -0.340 e. The maximum atomic E-state index is 4.69. The molecule has 1 N–H and O–H groups in total. The lowest BCUT2D eigenvalue weighted by molar-refractivity contribution is 0.944. The number of pyridine rings is 1. The van der Waals surface area contributed by atoms with E-state index in [9.17, 15) is 0 Å². The van der Waals surface area contributed by atoms with Gasteiger partial charge in [0.2, 0.25) is 0 Å². The average molecular weight is 317 g/mol. The van der Waals surface area contributed by atoms with Gasteiger partial charge in [0.15, 0.2) is 11.3 Å². The van der Waals surface area contributed by atoms with E-state index in [1.54, 1.807) is 0 Å². The van der Waals surface area contributed by atoms with Crippen LogP contribution in [0.15, 0.2) is 36.4 Å². The Morgan fingerprint density at radius 2 is 1.58 bits per heavy atom. The second-order valence-electron chi connectivity index (χ2n) is 6.29. The fourth-order valence-corrected chi connectivity index (χ4v) is 3.02. The number of benzene rings is 1. The summed E-state index contributed by atoms with van der Waals surface area (Å²) in [5.74, 6) is 0.886. The Morgan fingerprint density at radius 3 is 2.33 bits per heavy atom. The van der Waals surface area contributed by atoms with Gasteiger partial charge in [0.25, 0.3) is 0 Å². The van der Waals surface area contributed by atoms with Crippen molar-refractivity contribution in [2.75, 3.05) is 5.32 Å². The summed E-state index contributed by atoms with van der Waals surface area (Å²) >= 11 is 0. The number of nitrogens with one attached hydrogen (secondary N) is 1. The van der Waals surface area contributed by atoms with Crippen LogP contribution < -0.4 is 5.32 Å². The van der Waals surface area contributed by atoms with Crippen molar-refractivity contribution in [3.8, 4) is 0 Å². The molecule has 24 heavy (non-hydrogen) atoms. The first kappa shape index (κ1) is 14.6. The fraction of sp³-hybridized carbons (Fsp3) is 0.211. The second-order valence-corrected chi connectivity index (χ2v) is 6.29. The van der Waals surface area contributed by atoms with Crippen LogP contribution in [0.1, 0.15) is 22.5 Å². The molecule has 0 fully saturated rings. The number of anilines is 2. The molecule has 0 amide bonds. The zero-order valence-electron chi connectivity index (χ0n) is 14.3. The maximum Gasteiger partial charge on any atom is 0.184 e. The fourth-order valence-electron chi connectivity index (χ4n) is 3.02. The van der Waals surface area contributed by atoms with Gasteiger partial charge in [-0.2, -0.15) is 4.52 Å². The van der Waals surface area contributed by atoms with Gasteiger partial charge in [-0.05, 0) is 51.5 Å². The normalized spacial score (nSPS) is 11.3. The van der Waals surface area contributed by atoms with E-state index in [0.717, 1.165) is 45.1 Å². The number of rotatable bonds is 2. The van der Waals surface area contributed by atoms with E-state index in [0.29, 0.717) is 0 Å². The number of aromatic nitrogens is 4. The first-order chi connectivity index (χ1) is 11.5. The second kappa shape index (κ2) is 5.30. The summed E-state index contributed by atoms with van der Waals surface area (Å²) in [5, 5.41) is 9.13. The van der Waals surface area contributed by atoms with Crippen LogP contribution in [0.25, 0.3) is 16.7 Å². The third kappa shape index (κ3) is 2.38. The zero-order valence-corrected chi connectivity index (χ0v) is 14.3. The lowest BCUT2D eigenvalue weighted by Gasteiger charge is -2.09. The number of hydrogen-bond acceptors (Lipinski definition) is 4. The quantitative estimate of drug-likeness (QED) is 0.600. The first-order valence-electron chi connectivity index (χ1n) is 7.99. The molecule has 0 unspecified atom stereocenters. The summed E-state index contributed by atoms with van der Waals surface area (Å²) in [7, 11) is 0. The van der Waals surface area contributed by atoms with Crippen molar-refractivity contribution in [2.24, 2.45) is 0 Å². The molecule has 3 heterocycles. The summed E-state index contributed by atoms with van der Waals surface area (Å²) < 4.78 is 1.84. The molecule has 4 aromatic rings. The highest BCUT2D eigenvalue weighted by Crippen LogP contribution is 2.26. The molecule has 0 aliphatic rings. The number of fused-ring (bicyclic) bond motifs is 3. The molecule has 5 nitrogen and oxygen atoms in total. The Bertz CT molecular complexity index is 1060. The van der Waals surface area contributed by atoms with E-state index in [4.69, 9.17) is 4.98 Å². The summed E-state index contributed by atoms with van der Waals surface area (Å²) in [5.41, 5.74) is 6.88. The summed E-state index contributed by atoms with van der Waals surface area (Å²) in [4.78, 5) is 9.25. The Hall–Kier alpha value is -2.95. The molecule has 0 spiro atoms. The third-order valence-electron chi connectivity index (χ3n) is 4.12. The molecule has 0 bridgehead atoms. The Morgan fingerprint density at radius 1 is 0.875 bits per heavy atom. The van der Waals surface area contributed by atoms with Gasteiger partial charge >= 0.3 is 0 Å². The third-order valence-corrected chi connectivity index (χ3v) is 4.12. The first-order valence-corrected chi connectivity index (χ1v) is 7.99. The van der Waals surface area contributed by atoms with Gasteiger partial charge in [-0.15, -0.1) is 5.10 Å². The molecule has 4 rings (SSSR count). The largest absolute Gasteiger partial charge is 0.340 e. The van der Waals surface area contributed by atoms with Gasteiger partial charge in [-0.3, -0.25) is 0 Å².